The van der Waals surface area contributed by atoms with Crippen LogP contribution >= 0.6 is 11.6 Å². The first-order valence-corrected chi connectivity index (χ1v) is 9.87. The largest absolute Gasteiger partial charge is 0.463 e. The summed E-state index contributed by atoms with van der Waals surface area (Å²) in [5.41, 5.74) is 2.75. The summed E-state index contributed by atoms with van der Waals surface area (Å²) in [7, 11) is 2.11. The lowest BCUT2D eigenvalue weighted by Crippen LogP contribution is -2.45. The van der Waals surface area contributed by atoms with E-state index in [0.29, 0.717) is 35.2 Å². The topological polar surface area (TPSA) is 58.8 Å². The number of piperazine rings is 1. The molecule has 1 aromatic heterocycles. The zero-order valence-electron chi connectivity index (χ0n) is 16.6. The molecule has 1 aliphatic rings. The predicted molar refractivity (Wildman–Crippen MR) is 110 cm³/mol. The van der Waals surface area contributed by atoms with Gasteiger partial charge in [-0.15, -0.1) is 0 Å². The smallest absolute Gasteiger partial charge is 0.335 e. The third-order valence-electron chi connectivity index (χ3n) is 4.88. The number of hydrogen-bond donors (Lipinski definition) is 0. The van der Waals surface area contributed by atoms with Crippen molar-refractivity contribution in [1.29, 1.82) is 0 Å². The Morgan fingerprint density at radius 2 is 2.00 bits per heavy atom. The van der Waals surface area contributed by atoms with Gasteiger partial charge in [0.2, 0.25) is 0 Å². The van der Waals surface area contributed by atoms with Crippen LogP contribution in [0.2, 0.25) is 5.02 Å². The maximum atomic E-state index is 12.6. The maximum absolute atomic E-state index is 12.6. The van der Waals surface area contributed by atoms with E-state index < -0.39 is 0 Å². The van der Waals surface area contributed by atoms with E-state index in [1.165, 1.54) is 0 Å². The van der Waals surface area contributed by atoms with Gasteiger partial charge < -0.3 is 14.2 Å². The van der Waals surface area contributed by atoms with Crippen molar-refractivity contribution in [2.45, 2.75) is 13.8 Å². The first-order chi connectivity index (χ1) is 13.5. The number of ether oxygens (including phenoxy) is 1. The minimum atomic E-state index is -0.313. The van der Waals surface area contributed by atoms with Gasteiger partial charge in [0.05, 0.1) is 17.2 Å². The van der Waals surface area contributed by atoms with Gasteiger partial charge in [-0.1, -0.05) is 35.0 Å². The molecule has 2 heterocycles. The highest BCUT2D eigenvalue weighted by Gasteiger charge is 2.22. The summed E-state index contributed by atoms with van der Waals surface area (Å²) in [4.78, 5) is 17.2. The van der Waals surface area contributed by atoms with Crippen molar-refractivity contribution in [3.63, 3.8) is 0 Å². The molecule has 0 aliphatic carbocycles. The Morgan fingerprint density at radius 1 is 1.29 bits per heavy atom. The molecule has 0 bridgehead atoms. The van der Waals surface area contributed by atoms with Crippen LogP contribution < -0.4 is 0 Å². The number of carbonyl (C=O) groups excluding carboxylic acids is 1. The number of likely N-dealkylation sites (N-methyl/N-ethyl adjacent to an activating group) is 1. The van der Waals surface area contributed by atoms with E-state index in [9.17, 15) is 4.79 Å². The fourth-order valence-corrected chi connectivity index (χ4v) is 3.44. The Hall–Kier alpha value is -2.15. The zero-order chi connectivity index (χ0) is 20.1. The quantitative estimate of drug-likeness (QED) is 0.543. The molecule has 0 N–H and O–H groups in total. The number of carbonyl (C=O) groups is 1. The zero-order valence-corrected chi connectivity index (χ0v) is 17.3. The summed E-state index contributed by atoms with van der Waals surface area (Å²) >= 11 is 6.35. The number of esters is 1. The molecular weight excluding hydrogens is 378 g/mol. The Morgan fingerprint density at radius 3 is 2.68 bits per heavy atom. The molecule has 0 radical (unpaired) electrons. The van der Waals surface area contributed by atoms with Gasteiger partial charge >= 0.3 is 5.97 Å². The lowest BCUT2D eigenvalue weighted by atomic mass is 10.0. The second-order valence-electron chi connectivity index (χ2n) is 6.95. The van der Waals surface area contributed by atoms with Crippen molar-refractivity contribution in [3.05, 3.63) is 46.2 Å². The van der Waals surface area contributed by atoms with Gasteiger partial charge in [0.1, 0.15) is 11.5 Å². The SMILES string of the molecule is CCOC(=O)/C(=C\c1c(-c2ccccc2Cl)noc1C)CN1CCN(C)CC1. The summed E-state index contributed by atoms with van der Waals surface area (Å²) in [5.74, 6) is 0.322. The molecule has 1 fully saturated rings. The minimum absolute atomic E-state index is 0.313. The van der Waals surface area contributed by atoms with Crippen LogP contribution in [0.1, 0.15) is 18.2 Å². The van der Waals surface area contributed by atoms with Crippen LogP contribution in [0.4, 0.5) is 0 Å². The van der Waals surface area contributed by atoms with Crippen LogP contribution in [0.5, 0.6) is 0 Å². The monoisotopic (exact) mass is 403 g/mol. The van der Waals surface area contributed by atoms with Crippen molar-refractivity contribution >= 4 is 23.6 Å². The number of aromatic nitrogens is 1. The molecule has 1 aliphatic heterocycles. The Kier molecular flexibility index (Phi) is 6.88. The first-order valence-electron chi connectivity index (χ1n) is 9.49. The lowest BCUT2D eigenvalue weighted by Gasteiger charge is -2.32. The molecule has 0 unspecified atom stereocenters. The van der Waals surface area contributed by atoms with Crippen molar-refractivity contribution in [2.75, 3.05) is 46.4 Å². The summed E-state index contributed by atoms with van der Waals surface area (Å²) in [6.45, 7) is 8.28. The highest BCUT2D eigenvalue weighted by molar-refractivity contribution is 6.33. The van der Waals surface area contributed by atoms with E-state index in [0.717, 1.165) is 37.3 Å². The van der Waals surface area contributed by atoms with Crippen molar-refractivity contribution in [2.24, 2.45) is 0 Å². The second kappa shape index (κ2) is 9.37. The van der Waals surface area contributed by atoms with Crippen LogP contribution in [0.25, 0.3) is 17.3 Å². The van der Waals surface area contributed by atoms with Crippen LogP contribution in [0, 0.1) is 6.92 Å². The van der Waals surface area contributed by atoms with E-state index in [2.05, 4.69) is 22.0 Å². The average Bonchev–Trinajstić information content (AvgIpc) is 3.04. The summed E-state index contributed by atoms with van der Waals surface area (Å²) < 4.78 is 10.7. The van der Waals surface area contributed by atoms with Crippen LogP contribution in [0.15, 0.2) is 34.4 Å². The maximum Gasteiger partial charge on any atom is 0.335 e. The molecule has 7 heteroatoms. The highest BCUT2D eigenvalue weighted by Crippen LogP contribution is 2.32. The average molecular weight is 404 g/mol. The number of rotatable bonds is 6. The lowest BCUT2D eigenvalue weighted by molar-refractivity contribution is -0.138. The first kappa shape index (κ1) is 20.6. The summed E-state index contributed by atoms with van der Waals surface area (Å²) in [5, 5.41) is 4.77. The molecular formula is C21H26ClN3O3. The number of aryl methyl sites for hydroxylation is 1. The number of halogens is 1. The second-order valence-corrected chi connectivity index (χ2v) is 7.36. The normalized spacial score (nSPS) is 16.4. The number of benzene rings is 1. The predicted octanol–water partition coefficient (Wildman–Crippen LogP) is 3.50. The highest BCUT2D eigenvalue weighted by atomic mass is 35.5. The summed E-state index contributed by atoms with van der Waals surface area (Å²) in [6.07, 6.45) is 1.83. The molecule has 0 atom stereocenters. The minimum Gasteiger partial charge on any atom is -0.463 e. The molecule has 3 rings (SSSR count). The van der Waals surface area contributed by atoms with Gasteiger partial charge in [-0.25, -0.2) is 4.79 Å². The Balaban J connectivity index is 1.95. The van der Waals surface area contributed by atoms with Gasteiger partial charge in [0, 0.05) is 43.9 Å². The van der Waals surface area contributed by atoms with Crippen LogP contribution in [0.3, 0.4) is 0 Å². The van der Waals surface area contributed by atoms with Gasteiger partial charge in [-0.2, -0.15) is 0 Å². The van der Waals surface area contributed by atoms with Gasteiger partial charge in [-0.05, 0) is 33.0 Å². The van der Waals surface area contributed by atoms with Gasteiger partial charge in [-0.3, -0.25) is 4.90 Å². The Labute approximate surface area is 170 Å². The number of hydrogen-bond acceptors (Lipinski definition) is 6. The fourth-order valence-electron chi connectivity index (χ4n) is 3.21. The van der Waals surface area contributed by atoms with Crippen LogP contribution in [-0.2, 0) is 9.53 Å². The third-order valence-corrected chi connectivity index (χ3v) is 5.21. The molecule has 28 heavy (non-hydrogen) atoms. The fraction of sp³-hybridized carbons (Fsp3) is 0.429. The van der Waals surface area contributed by atoms with Crippen molar-refractivity contribution in [3.8, 4) is 11.3 Å². The van der Waals surface area contributed by atoms with Crippen molar-refractivity contribution < 1.29 is 14.1 Å². The molecule has 150 valence electrons. The van der Waals surface area contributed by atoms with E-state index in [1.54, 1.807) is 0 Å². The van der Waals surface area contributed by atoms with Crippen molar-refractivity contribution in [1.82, 2.24) is 15.0 Å². The van der Waals surface area contributed by atoms with E-state index in [-0.39, 0.29) is 5.97 Å². The molecule has 0 saturated carbocycles. The van der Waals surface area contributed by atoms with E-state index >= 15 is 0 Å². The Bertz CT molecular complexity index is 854. The standard InChI is InChI=1S/C21H26ClN3O3/c1-4-27-21(26)16(14-25-11-9-24(3)10-12-25)13-18-15(2)28-23-20(18)17-7-5-6-8-19(17)22/h5-8,13H,4,9-12,14H2,1-3H3/b16-13-. The van der Waals surface area contributed by atoms with E-state index in [1.807, 2.05) is 44.2 Å². The van der Waals surface area contributed by atoms with E-state index in [4.69, 9.17) is 20.9 Å². The molecule has 0 amide bonds. The molecule has 1 aromatic carbocycles. The molecule has 1 saturated heterocycles. The van der Waals surface area contributed by atoms with Gasteiger partial charge in [0.25, 0.3) is 0 Å². The van der Waals surface area contributed by atoms with Crippen LogP contribution in [-0.4, -0.2) is 67.3 Å². The number of nitrogens with zero attached hydrogens (tertiary/aromatic N) is 3. The molecule has 2 aromatic rings. The van der Waals surface area contributed by atoms with Gasteiger partial charge in [0.15, 0.2) is 0 Å². The third kappa shape index (κ3) is 4.82. The molecule has 0 spiro atoms. The molecule has 6 nitrogen and oxygen atoms in total. The summed E-state index contributed by atoms with van der Waals surface area (Å²) in [6, 6.07) is 7.47.